The number of pyridine rings is 1. The van der Waals surface area contributed by atoms with Gasteiger partial charge < -0.3 is 0 Å². The summed E-state index contributed by atoms with van der Waals surface area (Å²) in [6.45, 7) is 0. The van der Waals surface area contributed by atoms with Gasteiger partial charge in [0.2, 0.25) is 5.12 Å². The molecule has 1 aromatic heterocycles. The summed E-state index contributed by atoms with van der Waals surface area (Å²) in [5, 5.41) is 2.08. The maximum absolute atomic E-state index is 12.7. The first-order valence-electron chi connectivity index (χ1n) is 10.3. The normalized spacial score (nSPS) is 15.9. The number of hydrogen-bond acceptors (Lipinski definition) is 3. The Morgan fingerprint density at radius 2 is 1.78 bits per heavy atom. The topological polar surface area (TPSA) is 30.0 Å². The van der Waals surface area contributed by atoms with Crippen LogP contribution in [0.15, 0.2) is 78.9 Å². The fraction of sp³-hybridized carbons (Fsp3) is 0.143. The first kappa shape index (κ1) is 22.3. The molecule has 2 heterocycles. The summed E-state index contributed by atoms with van der Waals surface area (Å²) in [6, 6.07) is 26.2. The van der Waals surface area contributed by atoms with Crippen LogP contribution in [0.2, 0.25) is 5.02 Å². The van der Waals surface area contributed by atoms with Crippen LogP contribution in [0.5, 0.6) is 0 Å². The van der Waals surface area contributed by atoms with E-state index in [4.69, 9.17) is 11.6 Å². The number of rotatable bonds is 3. The molecule has 0 fully saturated rings. The summed E-state index contributed by atoms with van der Waals surface area (Å²) in [5.41, 5.74) is 6.06. The molecule has 2 nitrogen and oxygen atoms in total. The Labute approximate surface area is 198 Å². The summed E-state index contributed by atoms with van der Waals surface area (Å²) in [6.07, 6.45) is 5.96. The van der Waals surface area contributed by atoms with Gasteiger partial charge in [-0.1, -0.05) is 97.5 Å². The highest BCUT2D eigenvalue weighted by Crippen LogP contribution is 2.39. The first-order chi connectivity index (χ1) is 15.2. The number of nitrogens with zero attached hydrogens (tertiary/aromatic N) is 1. The summed E-state index contributed by atoms with van der Waals surface area (Å²) < 4.78 is 0. The highest BCUT2D eigenvalue weighted by Gasteiger charge is 2.24. The van der Waals surface area contributed by atoms with E-state index in [9.17, 15) is 4.79 Å². The minimum atomic E-state index is 0. The van der Waals surface area contributed by atoms with Crippen molar-refractivity contribution >= 4 is 51.5 Å². The number of benzene rings is 3. The lowest BCUT2D eigenvalue weighted by Gasteiger charge is -2.13. The van der Waals surface area contributed by atoms with Crippen molar-refractivity contribution in [2.24, 2.45) is 0 Å². The number of fused-ring (bicyclic) bond motifs is 2. The lowest BCUT2D eigenvalue weighted by Crippen LogP contribution is -1.98. The maximum atomic E-state index is 12.7. The van der Waals surface area contributed by atoms with Crippen molar-refractivity contribution in [2.75, 3.05) is 0 Å². The number of aromatic nitrogens is 1. The van der Waals surface area contributed by atoms with E-state index in [0.717, 1.165) is 46.1 Å². The van der Waals surface area contributed by atoms with Crippen LogP contribution in [0.25, 0.3) is 23.1 Å². The molecule has 160 valence electrons. The van der Waals surface area contributed by atoms with Gasteiger partial charge in [0.1, 0.15) is 0 Å². The average Bonchev–Trinajstić information content (AvgIpc) is 2.97. The molecule has 3 aromatic carbocycles. The third-order valence-electron chi connectivity index (χ3n) is 5.57. The quantitative estimate of drug-likeness (QED) is 0.310. The van der Waals surface area contributed by atoms with Gasteiger partial charge in [0.15, 0.2) is 0 Å². The van der Waals surface area contributed by atoms with Crippen LogP contribution in [0.4, 0.5) is 0 Å². The highest BCUT2D eigenvalue weighted by molar-refractivity contribution is 8.14. The number of halogens is 1. The fourth-order valence-corrected chi connectivity index (χ4v) is 5.22. The van der Waals surface area contributed by atoms with E-state index in [1.807, 2.05) is 48.5 Å². The van der Waals surface area contributed by atoms with Gasteiger partial charge in [0.25, 0.3) is 0 Å². The van der Waals surface area contributed by atoms with Crippen LogP contribution in [0.3, 0.4) is 0 Å². The van der Waals surface area contributed by atoms with Gasteiger partial charge in [-0.25, -0.2) is 4.98 Å². The van der Waals surface area contributed by atoms with Crippen molar-refractivity contribution in [3.05, 3.63) is 112 Å². The van der Waals surface area contributed by atoms with Crippen LogP contribution in [0.1, 0.15) is 51.8 Å². The molecule has 0 unspecified atom stereocenters. The summed E-state index contributed by atoms with van der Waals surface area (Å²) in [4.78, 5) is 17.4. The Bertz CT molecular complexity index is 1310. The lowest BCUT2D eigenvalue weighted by molar-refractivity contribution is 0.108. The van der Waals surface area contributed by atoms with Crippen molar-refractivity contribution < 1.29 is 4.79 Å². The molecule has 0 N–H and O–H groups in total. The molecule has 0 aliphatic carbocycles. The molecular weight excluding hydrogens is 434 g/mol. The molecule has 0 radical (unpaired) electrons. The van der Waals surface area contributed by atoms with Gasteiger partial charge in [-0.3, -0.25) is 4.79 Å². The van der Waals surface area contributed by atoms with Gasteiger partial charge in [0, 0.05) is 21.2 Å². The molecule has 1 aliphatic rings. The molecule has 0 spiro atoms. The van der Waals surface area contributed by atoms with Gasteiger partial charge in [0.05, 0.1) is 11.2 Å². The van der Waals surface area contributed by atoms with Gasteiger partial charge in [-0.15, -0.1) is 0 Å². The van der Waals surface area contributed by atoms with Crippen LogP contribution in [0, 0.1) is 0 Å². The van der Waals surface area contributed by atoms with E-state index >= 15 is 0 Å². The third-order valence-corrected chi connectivity index (χ3v) is 7.03. The third kappa shape index (κ3) is 4.79. The average molecular weight is 458 g/mol. The monoisotopic (exact) mass is 457 g/mol. The Kier molecular flexibility index (Phi) is 6.78. The minimum absolute atomic E-state index is 0. The van der Waals surface area contributed by atoms with E-state index in [1.165, 1.54) is 17.3 Å². The van der Waals surface area contributed by atoms with E-state index in [2.05, 4.69) is 47.5 Å². The van der Waals surface area contributed by atoms with Gasteiger partial charge in [-0.2, -0.15) is 0 Å². The molecule has 1 atom stereocenters. The Hall–Kier alpha value is -2.88. The van der Waals surface area contributed by atoms with Crippen molar-refractivity contribution in [1.29, 1.82) is 0 Å². The zero-order valence-corrected chi connectivity index (χ0v) is 18.4. The Morgan fingerprint density at radius 3 is 2.69 bits per heavy atom. The maximum Gasteiger partial charge on any atom is 0.220 e. The van der Waals surface area contributed by atoms with Crippen LogP contribution < -0.4 is 0 Å². The number of carbonyl (C=O) groups is 1. The van der Waals surface area contributed by atoms with Crippen molar-refractivity contribution in [3.8, 4) is 0 Å². The van der Waals surface area contributed by atoms with E-state index < -0.39 is 0 Å². The number of aryl methyl sites for hydroxylation is 1. The second kappa shape index (κ2) is 9.72. The van der Waals surface area contributed by atoms with E-state index in [0.29, 0.717) is 5.02 Å². The molecular formula is C28H24ClNOS. The SMILES string of the molecule is C.O=C1S[C@@H](c2cccc(/C=C/c3ccc4ccc(Cl)cc4n3)c2)CCc2ccccc21. The zero-order chi connectivity index (χ0) is 21.2. The first-order valence-corrected chi connectivity index (χ1v) is 11.5. The number of thioether (sulfide) groups is 1. The molecule has 4 heteroatoms. The molecule has 0 saturated carbocycles. The summed E-state index contributed by atoms with van der Waals surface area (Å²) >= 11 is 7.54. The molecule has 0 amide bonds. The summed E-state index contributed by atoms with van der Waals surface area (Å²) in [5.74, 6) is 0. The minimum Gasteiger partial charge on any atom is -0.282 e. The number of hydrogen-bond donors (Lipinski definition) is 0. The second-order valence-corrected chi connectivity index (χ2v) is 9.28. The summed E-state index contributed by atoms with van der Waals surface area (Å²) in [7, 11) is 0. The van der Waals surface area contributed by atoms with E-state index in [-0.39, 0.29) is 17.8 Å². The van der Waals surface area contributed by atoms with Crippen molar-refractivity contribution in [1.82, 2.24) is 4.98 Å². The largest absolute Gasteiger partial charge is 0.282 e. The van der Waals surface area contributed by atoms with Crippen molar-refractivity contribution in [3.63, 3.8) is 0 Å². The smallest absolute Gasteiger partial charge is 0.220 e. The molecule has 5 rings (SSSR count). The molecule has 4 aromatic rings. The lowest BCUT2D eigenvalue weighted by atomic mass is 9.99. The number of carbonyl (C=O) groups excluding carboxylic acids is 1. The predicted octanol–water partition coefficient (Wildman–Crippen LogP) is 8.26. The van der Waals surface area contributed by atoms with E-state index in [1.54, 1.807) is 0 Å². The van der Waals surface area contributed by atoms with Crippen LogP contribution in [-0.2, 0) is 6.42 Å². The van der Waals surface area contributed by atoms with Gasteiger partial charge >= 0.3 is 0 Å². The van der Waals surface area contributed by atoms with Crippen LogP contribution >= 0.6 is 23.4 Å². The van der Waals surface area contributed by atoms with Crippen molar-refractivity contribution in [2.45, 2.75) is 25.5 Å². The zero-order valence-electron chi connectivity index (χ0n) is 16.8. The van der Waals surface area contributed by atoms with Gasteiger partial charge in [-0.05, 0) is 53.8 Å². The van der Waals surface area contributed by atoms with Crippen LogP contribution in [-0.4, -0.2) is 10.1 Å². The Morgan fingerprint density at radius 1 is 0.938 bits per heavy atom. The highest BCUT2D eigenvalue weighted by atomic mass is 35.5. The predicted molar refractivity (Wildman–Crippen MR) is 138 cm³/mol. The molecule has 0 saturated heterocycles. The molecule has 1 aliphatic heterocycles. The fourth-order valence-electron chi connectivity index (χ4n) is 3.95. The standard InChI is InChI=1S/C27H20ClNOS.CH4/c28-22-12-9-20-10-14-23(29-25(20)17-22)13-8-18-4-3-6-21(16-18)26-15-11-19-5-1-2-7-24(19)27(30)31-26;/h1-10,12-14,16-17,26H,11,15H2;1H4/b13-8+;/t26-;/m1./s1. The second-order valence-electron chi connectivity index (χ2n) is 7.67. The molecule has 32 heavy (non-hydrogen) atoms. The Balaban J connectivity index is 0.00000245. The molecule has 0 bridgehead atoms.